The molecule has 0 aliphatic heterocycles. The van der Waals surface area contributed by atoms with Crippen LogP contribution in [0.4, 0.5) is 0 Å². The predicted octanol–water partition coefficient (Wildman–Crippen LogP) is 2.00. The Morgan fingerprint density at radius 2 is 1.56 bits per heavy atom. The summed E-state index contributed by atoms with van der Waals surface area (Å²) in [6, 6.07) is 5.67. The highest BCUT2D eigenvalue weighted by atomic mass is 14.9. The molecule has 0 N–H and O–H groups in total. The first-order valence-electron chi connectivity index (χ1n) is 5.43. The highest BCUT2D eigenvalue weighted by Crippen LogP contribution is 2.18. The van der Waals surface area contributed by atoms with Gasteiger partial charge in [-0.3, -0.25) is 9.97 Å². The molecule has 86 valence electrons. The van der Waals surface area contributed by atoms with Crippen LogP contribution in [0.1, 0.15) is 0 Å². The van der Waals surface area contributed by atoms with Crippen LogP contribution in [0.2, 0.25) is 0 Å². The second kappa shape index (κ2) is 4.67. The summed E-state index contributed by atoms with van der Waals surface area (Å²) in [7, 11) is 0. The van der Waals surface area contributed by atoms with Crippen LogP contribution >= 0.6 is 0 Å². The van der Waals surface area contributed by atoms with Gasteiger partial charge in [0.05, 0.1) is 11.9 Å². The smallest absolute Gasteiger partial charge is 0.180 e. The molecule has 3 heterocycles. The molecule has 0 unspecified atom stereocenters. The minimum Gasteiger partial charge on any atom is -0.265 e. The number of hydrogen-bond acceptors (Lipinski definition) is 5. The Balaban J connectivity index is 2.05. The van der Waals surface area contributed by atoms with E-state index in [9.17, 15) is 0 Å². The molecule has 0 spiro atoms. The van der Waals surface area contributed by atoms with E-state index in [0.29, 0.717) is 11.5 Å². The minimum atomic E-state index is 0.567. The van der Waals surface area contributed by atoms with Crippen molar-refractivity contribution < 1.29 is 0 Å². The van der Waals surface area contributed by atoms with Gasteiger partial charge in [-0.2, -0.15) is 0 Å². The molecule has 0 aromatic carbocycles. The van der Waals surface area contributed by atoms with Gasteiger partial charge in [0.1, 0.15) is 5.69 Å². The zero-order chi connectivity index (χ0) is 12.2. The number of hydrogen-bond donors (Lipinski definition) is 0. The number of pyridine rings is 1. The molecule has 0 fully saturated rings. The Hall–Kier alpha value is -2.69. The number of rotatable bonds is 2. The molecular weight excluding hydrogens is 226 g/mol. The highest BCUT2D eigenvalue weighted by molar-refractivity contribution is 5.60. The molecule has 0 aliphatic rings. The van der Waals surface area contributed by atoms with E-state index in [1.807, 2.05) is 18.2 Å². The fourth-order valence-electron chi connectivity index (χ4n) is 1.58. The lowest BCUT2D eigenvalue weighted by atomic mass is 10.2. The van der Waals surface area contributed by atoms with Crippen molar-refractivity contribution in [1.82, 2.24) is 24.9 Å². The van der Waals surface area contributed by atoms with Crippen molar-refractivity contribution in [2.24, 2.45) is 0 Å². The second-order valence-electron chi connectivity index (χ2n) is 3.59. The van der Waals surface area contributed by atoms with E-state index < -0.39 is 0 Å². The Bertz CT molecular complexity index is 585. The van der Waals surface area contributed by atoms with Crippen molar-refractivity contribution >= 4 is 0 Å². The third kappa shape index (κ3) is 2.06. The molecule has 0 amide bonds. The summed E-state index contributed by atoms with van der Waals surface area (Å²) in [5, 5.41) is 0. The first kappa shape index (κ1) is 10.5. The lowest BCUT2D eigenvalue weighted by Gasteiger charge is -2.02. The van der Waals surface area contributed by atoms with Gasteiger partial charge in [0.15, 0.2) is 5.82 Å². The van der Waals surface area contributed by atoms with E-state index in [4.69, 9.17) is 0 Å². The maximum Gasteiger partial charge on any atom is 0.180 e. The molecule has 0 atom stereocenters. The first-order valence-corrected chi connectivity index (χ1v) is 5.43. The maximum atomic E-state index is 4.47. The van der Waals surface area contributed by atoms with E-state index in [0.717, 1.165) is 11.3 Å². The van der Waals surface area contributed by atoms with Crippen LogP contribution in [0.3, 0.4) is 0 Å². The van der Waals surface area contributed by atoms with Crippen LogP contribution in [-0.4, -0.2) is 24.9 Å². The molecule has 5 nitrogen and oxygen atoms in total. The van der Waals surface area contributed by atoms with Crippen LogP contribution < -0.4 is 0 Å². The summed E-state index contributed by atoms with van der Waals surface area (Å²) in [5.74, 6) is 0.567. The average Bonchev–Trinajstić information content (AvgIpc) is 2.49. The van der Waals surface area contributed by atoms with Gasteiger partial charge in [0.2, 0.25) is 0 Å². The third-order valence-electron chi connectivity index (χ3n) is 2.42. The Labute approximate surface area is 104 Å². The van der Waals surface area contributed by atoms with Gasteiger partial charge in [0.25, 0.3) is 0 Å². The second-order valence-corrected chi connectivity index (χ2v) is 3.59. The largest absolute Gasteiger partial charge is 0.265 e. The van der Waals surface area contributed by atoms with E-state index in [2.05, 4.69) is 24.9 Å². The van der Waals surface area contributed by atoms with Crippen LogP contribution in [0.25, 0.3) is 22.8 Å². The molecule has 3 aromatic rings. The molecule has 5 heteroatoms. The van der Waals surface area contributed by atoms with Crippen molar-refractivity contribution in [2.75, 3.05) is 0 Å². The zero-order valence-electron chi connectivity index (χ0n) is 9.43. The van der Waals surface area contributed by atoms with Crippen LogP contribution in [0.15, 0.2) is 55.4 Å². The molecule has 0 radical (unpaired) electrons. The van der Waals surface area contributed by atoms with Crippen LogP contribution in [-0.2, 0) is 0 Å². The van der Waals surface area contributed by atoms with Crippen LogP contribution in [0.5, 0.6) is 0 Å². The summed E-state index contributed by atoms with van der Waals surface area (Å²) in [6.45, 7) is 0. The average molecular weight is 235 g/mol. The van der Waals surface area contributed by atoms with Crippen molar-refractivity contribution in [3.8, 4) is 22.8 Å². The van der Waals surface area contributed by atoms with Gasteiger partial charge in [-0.1, -0.05) is 0 Å². The van der Waals surface area contributed by atoms with Gasteiger partial charge in [-0.05, 0) is 18.2 Å². The molecule has 3 rings (SSSR count). The third-order valence-corrected chi connectivity index (χ3v) is 2.42. The van der Waals surface area contributed by atoms with Crippen molar-refractivity contribution in [3.05, 3.63) is 55.4 Å². The van der Waals surface area contributed by atoms with Crippen molar-refractivity contribution in [2.45, 2.75) is 0 Å². The summed E-state index contributed by atoms with van der Waals surface area (Å²) in [6.07, 6.45) is 10.1. The summed E-state index contributed by atoms with van der Waals surface area (Å²) in [4.78, 5) is 20.9. The van der Waals surface area contributed by atoms with Gasteiger partial charge in [-0.25, -0.2) is 15.0 Å². The molecular formula is C13H9N5. The lowest BCUT2D eigenvalue weighted by molar-refractivity contribution is 1.11. The van der Waals surface area contributed by atoms with E-state index >= 15 is 0 Å². The lowest BCUT2D eigenvalue weighted by Crippen LogP contribution is -1.93. The van der Waals surface area contributed by atoms with Gasteiger partial charge >= 0.3 is 0 Å². The Kier molecular flexibility index (Phi) is 2.71. The van der Waals surface area contributed by atoms with E-state index in [-0.39, 0.29) is 0 Å². The molecule has 0 bridgehead atoms. The maximum absolute atomic E-state index is 4.47. The van der Waals surface area contributed by atoms with Crippen LogP contribution in [0, 0.1) is 0 Å². The predicted molar refractivity (Wildman–Crippen MR) is 66.3 cm³/mol. The zero-order valence-corrected chi connectivity index (χ0v) is 9.43. The topological polar surface area (TPSA) is 64.5 Å². The van der Waals surface area contributed by atoms with Crippen molar-refractivity contribution in [1.29, 1.82) is 0 Å². The van der Waals surface area contributed by atoms with E-state index in [1.165, 1.54) is 0 Å². The summed E-state index contributed by atoms with van der Waals surface area (Å²) in [5.41, 5.74) is 2.50. The molecule has 0 saturated carbocycles. The standard InChI is InChI=1S/C13H9N5/c1-4-14-5-2-10(1)11-3-6-17-13(18-11)12-9-15-7-8-16-12/h1-9H. The van der Waals surface area contributed by atoms with Gasteiger partial charge in [0, 0.05) is 36.5 Å². The Morgan fingerprint density at radius 1 is 0.667 bits per heavy atom. The Morgan fingerprint density at radius 3 is 2.33 bits per heavy atom. The van der Waals surface area contributed by atoms with Gasteiger partial charge in [-0.15, -0.1) is 0 Å². The molecule has 0 saturated heterocycles. The fraction of sp³-hybridized carbons (Fsp3) is 0. The molecule has 0 aliphatic carbocycles. The monoisotopic (exact) mass is 235 g/mol. The van der Waals surface area contributed by atoms with E-state index in [1.54, 1.807) is 37.2 Å². The number of nitrogens with zero attached hydrogens (tertiary/aromatic N) is 5. The minimum absolute atomic E-state index is 0.567. The number of aromatic nitrogens is 5. The first-order chi connectivity index (χ1) is 8.93. The molecule has 18 heavy (non-hydrogen) atoms. The quantitative estimate of drug-likeness (QED) is 0.679. The highest BCUT2D eigenvalue weighted by Gasteiger charge is 2.05. The normalized spacial score (nSPS) is 10.2. The summed E-state index contributed by atoms with van der Waals surface area (Å²) >= 11 is 0. The molecule has 3 aromatic heterocycles. The SMILES string of the molecule is c1cc(-c2ccnc(-c3cnccn3)n2)ccn1. The van der Waals surface area contributed by atoms with Gasteiger partial charge < -0.3 is 0 Å². The summed E-state index contributed by atoms with van der Waals surface area (Å²) < 4.78 is 0. The fourth-order valence-corrected chi connectivity index (χ4v) is 1.58. The van der Waals surface area contributed by atoms with Crippen molar-refractivity contribution in [3.63, 3.8) is 0 Å².